The fraction of sp³-hybridized carbons (Fsp3) is 0.389. The van der Waals surface area contributed by atoms with E-state index in [-0.39, 0.29) is 5.97 Å². The summed E-state index contributed by atoms with van der Waals surface area (Å²) in [7, 11) is 0. The molecule has 1 fully saturated rings. The van der Waals surface area contributed by atoms with Gasteiger partial charge in [0.05, 0.1) is 17.9 Å². The standard InChI is InChI=1S/C18H20N2O2/c1-4-22-17(21)15-11-19-16(20-12(15)2)13-5-7-14(8-6-13)18(3)9-10-18/h5-8,11H,4,9-10H2,1-3H3. The number of rotatable bonds is 4. The second-order valence-electron chi connectivity index (χ2n) is 6.05. The number of hydrogen-bond donors (Lipinski definition) is 0. The van der Waals surface area contributed by atoms with Crippen molar-refractivity contribution in [2.45, 2.75) is 39.0 Å². The van der Waals surface area contributed by atoms with Gasteiger partial charge in [0, 0.05) is 11.8 Å². The Bertz CT molecular complexity index is 704. The summed E-state index contributed by atoms with van der Waals surface area (Å²) in [6.07, 6.45) is 4.07. The van der Waals surface area contributed by atoms with Crippen molar-refractivity contribution in [2.75, 3.05) is 6.61 Å². The number of aromatic nitrogens is 2. The molecule has 1 aromatic carbocycles. The van der Waals surface area contributed by atoms with Crippen molar-refractivity contribution in [3.05, 3.63) is 47.3 Å². The van der Waals surface area contributed by atoms with Gasteiger partial charge < -0.3 is 4.74 Å². The summed E-state index contributed by atoms with van der Waals surface area (Å²) in [6.45, 7) is 6.22. The minimum atomic E-state index is -0.372. The van der Waals surface area contributed by atoms with Gasteiger partial charge in [-0.1, -0.05) is 31.2 Å². The molecule has 114 valence electrons. The van der Waals surface area contributed by atoms with Crippen LogP contribution >= 0.6 is 0 Å². The fourth-order valence-electron chi connectivity index (χ4n) is 2.51. The number of benzene rings is 1. The van der Waals surface area contributed by atoms with Crippen LogP contribution in [0.15, 0.2) is 30.5 Å². The lowest BCUT2D eigenvalue weighted by atomic mass is 9.97. The van der Waals surface area contributed by atoms with Crippen LogP contribution in [0.1, 0.15) is 48.3 Å². The highest BCUT2D eigenvalue weighted by molar-refractivity contribution is 5.90. The molecule has 22 heavy (non-hydrogen) atoms. The van der Waals surface area contributed by atoms with E-state index in [1.165, 1.54) is 18.4 Å². The molecule has 0 unspecified atom stereocenters. The zero-order valence-electron chi connectivity index (χ0n) is 13.2. The van der Waals surface area contributed by atoms with Crippen LogP contribution in [-0.4, -0.2) is 22.5 Å². The largest absolute Gasteiger partial charge is 0.462 e. The van der Waals surface area contributed by atoms with Gasteiger partial charge in [-0.2, -0.15) is 0 Å². The van der Waals surface area contributed by atoms with Crippen LogP contribution in [0.2, 0.25) is 0 Å². The summed E-state index contributed by atoms with van der Waals surface area (Å²) in [6, 6.07) is 8.41. The van der Waals surface area contributed by atoms with Gasteiger partial charge in [0.2, 0.25) is 0 Å². The predicted octanol–water partition coefficient (Wildman–Crippen LogP) is 3.68. The third-order valence-electron chi connectivity index (χ3n) is 4.31. The Morgan fingerprint density at radius 2 is 1.95 bits per heavy atom. The molecule has 1 aromatic heterocycles. The first-order valence-electron chi connectivity index (χ1n) is 7.65. The Morgan fingerprint density at radius 3 is 2.50 bits per heavy atom. The molecule has 1 aliphatic carbocycles. The van der Waals surface area contributed by atoms with Crippen LogP contribution in [0.5, 0.6) is 0 Å². The van der Waals surface area contributed by atoms with Gasteiger partial charge in [0.1, 0.15) is 0 Å². The minimum absolute atomic E-state index is 0.347. The van der Waals surface area contributed by atoms with E-state index in [1.54, 1.807) is 20.0 Å². The Balaban J connectivity index is 1.86. The van der Waals surface area contributed by atoms with E-state index >= 15 is 0 Å². The van der Waals surface area contributed by atoms with Crippen molar-refractivity contribution in [3.8, 4) is 11.4 Å². The van der Waals surface area contributed by atoms with Crippen molar-refractivity contribution in [1.82, 2.24) is 9.97 Å². The number of nitrogens with zero attached hydrogens (tertiary/aromatic N) is 2. The summed E-state index contributed by atoms with van der Waals surface area (Å²) in [5.74, 6) is 0.265. The van der Waals surface area contributed by atoms with Gasteiger partial charge in [-0.25, -0.2) is 14.8 Å². The van der Waals surface area contributed by atoms with Gasteiger partial charge in [-0.05, 0) is 37.7 Å². The number of aryl methyl sites for hydroxylation is 1. The van der Waals surface area contributed by atoms with Gasteiger partial charge in [-0.3, -0.25) is 0 Å². The first-order valence-corrected chi connectivity index (χ1v) is 7.65. The molecule has 0 aliphatic heterocycles. The monoisotopic (exact) mass is 296 g/mol. The molecular formula is C18H20N2O2. The quantitative estimate of drug-likeness (QED) is 0.808. The Hall–Kier alpha value is -2.23. The molecule has 0 bridgehead atoms. The highest BCUT2D eigenvalue weighted by atomic mass is 16.5. The average molecular weight is 296 g/mol. The average Bonchev–Trinajstić information content (AvgIpc) is 3.26. The Kier molecular flexibility index (Phi) is 3.69. The minimum Gasteiger partial charge on any atom is -0.462 e. The number of carbonyl (C=O) groups excluding carboxylic acids is 1. The maximum atomic E-state index is 11.8. The first kappa shape index (κ1) is 14.7. The molecule has 0 radical (unpaired) electrons. The summed E-state index contributed by atoms with van der Waals surface area (Å²) in [5, 5.41) is 0. The van der Waals surface area contributed by atoms with E-state index in [4.69, 9.17) is 4.74 Å². The van der Waals surface area contributed by atoms with E-state index in [0.717, 1.165) is 5.56 Å². The van der Waals surface area contributed by atoms with E-state index in [0.29, 0.717) is 29.1 Å². The van der Waals surface area contributed by atoms with Gasteiger partial charge in [0.25, 0.3) is 0 Å². The summed E-state index contributed by atoms with van der Waals surface area (Å²) in [5.41, 5.74) is 3.76. The van der Waals surface area contributed by atoms with Gasteiger partial charge >= 0.3 is 5.97 Å². The topological polar surface area (TPSA) is 52.1 Å². The van der Waals surface area contributed by atoms with E-state index in [2.05, 4.69) is 41.2 Å². The van der Waals surface area contributed by atoms with Crippen LogP contribution in [0, 0.1) is 6.92 Å². The normalized spacial score (nSPS) is 15.4. The summed E-state index contributed by atoms with van der Waals surface area (Å²) < 4.78 is 5.00. The van der Waals surface area contributed by atoms with Crippen LogP contribution in [0.3, 0.4) is 0 Å². The van der Waals surface area contributed by atoms with Crippen molar-refractivity contribution in [2.24, 2.45) is 0 Å². The van der Waals surface area contributed by atoms with Crippen molar-refractivity contribution >= 4 is 5.97 Å². The van der Waals surface area contributed by atoms with Crippen molar-refractivity contribution in [1.29, 1.82) is 0 Å². The molecule has 1 aliphatic rings. The number of esters is 1. The SMILES string of the molecule is CCOC(=O)c1cnc(-c2ccc(C3(C)CC3)cc2)nc1C. The zero-order chi connectivity index (χ0) is 15.7. The molecule has 2 aromatic rings. The third-order valence-corrected chi connectivity index (χ3v) is 4.31. The smallest absolute Gasteiger partial charge is 0.341 e. The number of ether oxygens (including phenoxy) is 1. The molecule has 4 heteroatoms. The molecule has 0 atom stereocenters. The predicted molar refractivity (Wildman–Crippen MR) is 84.7 cm³/mol. The number of carbonyl (C=O) groups is 1. The lowest BCUT2D eigenvalue weighted by molar-refractivity contribution is 0.0524. The Morgan fingerprint density at radius 1 is 1.27 bits per heavy atom. The highest BCUT2D eigenvalue weighted by Crippen LogP contribution is 2.47. The van der Waals surface area contributed by atoms with Crippen LogP contribution in [0.4, 0.5) is 0 Å². The van der Waals surface area contributed by atoms with Crippen molar-refractivity contribution in [3.63, 3.8) is 0 Å². The molecule has 0 amide bonds. The maximum Gasteiger partial charge on any atom is 0.341 e. The van der Waals surface area contributed by atoms with Gasteiger partial charge in [0.15, 0.2) is 5.82 Å². The molecule has 0 spiro atoms. The zero-order valence-corrected chi connectivity index (χ0v) is 13.2. The highest BCUT2D eigenvalue weighted by Gasteiger charge is 2.38. The lowest BCUT2D eigenvalue weighted by Gasteiger charge is -2.10. The summed E-state index contributed by atoms with van der Waals surface area (Å²) >= 11 is 0. The lowest BCUT2D eigenvalue weighted by Crippen LogP contribution is -2.09. The third kappa shape index (κ3) is 2.73. The molecule has 4 nitrogen and oxygen atoms in total. The van der Waals surface area contributed by atoms with Crippen LogP contribution in [-0.2, 0) is 10.2 Å². The molecule has 1 heterocycles. The molecular weight excluding hydrogens is 276 g/mol. The summed E-state index contributed by atoms with van der Waals surface area (Å²) in [4.78, 5) is 20.5. The van der Waals surface area contributed by atoms with E-state index in [1.807, 2.05) is 0 Å². The van der Waals surface area contributed by atoms with Crippen LogP contribution < -0.4 is 0 Å². The van der Waals surface area contributed by atoms with E-state index in [9.17, 15) is 4.79 Å². The fourth-order valence-corrected chi connectivity index (χ4v) is 2.51. The second kappa shape index (κ2) is 5.52. The second-order valence-corrected chi connectivity index (χ2v) is 6.05. The first-order chi connectivity index (χ1) is 10.5. The van der Waals surface area contributed by atoms with Gasteiger partial charge in [-0.15, -0.1) is 0 Å². The van der Waals surface area contributed by atoms with Crippen molar-refractivity contribution < 1.29 is 9.53 Å². The number of hydrogen-bond acceptors (Lipinski definition) is 4. The van der Waals surface area contributed by atoms with Crippen LogP contribution in [0.25, 0.3) is 11.4 Å². The molecule has 3 rings (SSSR count). The molecule has 0 saturated heterocycles. The Labute approximate surface area is 130 Å². The maximum absolute atomic E-state index is 11.8. The molecule has 0 N–H and O–H groups in total. The van der Waals surface area contributed by atoms with E-state index < -0.39 is 0 Å². The molecule has 1 saturated carbocycles.